The highest BCUT2D eigenvalue weighted by atomic mass is 32.9. The van der Waals surface area contributed by atoms with E-state index in [0.29, 0.717) is 9.40 Å². The third kappa shape index (κ3) is 3.58. The van der Waals surface area contributed by atoms with Crippen molar-refractivity contribution in [2.75, 3.05) is 0 Å². The van der Waals surface area contributed by atoms with Gasteiger partial charge in [-0.05, 0) is 35.0 Å². The monoisotopic (exact) mass is 402 g/mol. The molecule has 4 heterocycles. The smallest absolute Gasteiger partial charge is 0.282 e. The largest absolute Gasteiger partial charge is 0.295 e. The SMILES string of the molecule is O=S(=O)(O)c1cc2ccc1ccc1ccc(cc1S(=O)(=O)O)ss2. The minimum Gasteiger partial charge on any atom is -0.282 e. The van der Waals surface area contributed by atoms with Crippen molar-refractivity contribution < 1.29 is 25.9 Å². The number of benzene rings is 2. The summed E-state index contributed by atoms with van der Waals surface area (Å²) >= 11 is 0. The average Bonchev–Trinajstić information content (AvgIpc) is 2.47. The normalized spacial score (nSPS) is 12.4. The molecule has 2 aromatic carbocycles. The number of rotatable bonds is 2. The van der Waals surface area contributed by atoms with E-state index in [1.165, 1.54) is 57.1 Å². The summed E-state index contributed by atoms with van der Waals surface area (Å²) in [5.41, 5.74) is 0. The Morgan fingerprint density at radius 1 is 0.625 bits per heavy atom. The van der Waals surface area contributed by atoms with E-state index in [1.54, 1.807) is 12.1 Å². The first kappa shape index (κ1) is 17.3. The molecule has 6 nitrogen and oxygen atoms in total. The summed E-state index contributed by atoms with van der Waals surface area (Å²) in [6.07, 6.45) is 0. The Hall–Kier alpha value is -1.56. The molecule has 2 N–H and O–H groups in total. The van der Waals surface area contributed by atoms with Crippen molar-refractivity contribution in [2.24, 2.45) is 0 Å². The lowest BCUT2D eigenvalue weighted by Gasteiger charge is -2.02. The van der Waals surface area contributed by atoms with Crippen molar-refractivity contribution in [3.05, 3.63) is 48.5 Å². The third-order valence-electron chi connectivity index (χ3n) is 3.20. The Morgan fingerprint density at radius 2 is 0.958 bits per heavy atom. The van der Waals surface area contributed by atoms with Crippen molar-refractivity contribution in [1.29, 1.82) is 0 Å². The minimum atomic E-state index is -4.44. The van der Waals surface area contributed by atoms with Crippen LogP contribution < -0.4 is 0 Å². The molecule has 0 saturated carbocycles. The van der Waals surface area contributed by atoms with Crippen molar-refractivity contribution in [1.82, 2.24) is 0 Å². The zero-order valence-corrected chi connectivity index (χ0v) is 15.0. The quantitative estimate of drug-likeness (QED) is 0.499. The molecule has 24 heavy (non-hydrogen) atoms. The Labute approximate surface area is 145 Å². The van der Waals surface area contributed by atoms with Crippen LogP contribution in [0.25, 0.3) is 20.2 Å². The van der Waals surface area contributed by atoms with Crippen LogP contribution in [-0.4, -0.2) is 25.9 Å². The zero-order valence-electron chi connectivity index (χ0n) is 11.8. The second-order valence-electron chi connectivity index (χ2n) is 4.85. The fourth-order valence-corrected chi connectivity index (χ4v) is 5.67. The molecule has 4 aromatic heterocycles. The van der Waals surface area contributed by atoms with E-state index in [1.807, 2.05) is 0 Å². The van der Waals surface area contributed by atoms with Gasteiger partial charge in [0.1, 0.15) is 9.79 Å². The van der Waals surface area contributed by atoms with E-state index in [0.717, 1.165) is 0 Å². The fourth-order valence-electron chi connectivity index (χ4n) is 2.13. The molecule has 0 spiro atoms. The second kappa shape index (κ2) is 6.06. The van der Waals surface area contributed by atoms with E-state index in [4.69, 9.17) is 0 Å². The van der Waals surface area contributed by atoms with Gasteiger partial charge in [0.25, 0.3) is 20.2 Å². The maximum absolute atomic E-state index is 11.6. The molecule has 0 aliphatic carbocycles. The van der Waals surface area contributed by atoms with Gasteiger partial charge in [-0.3, -0.25) is 9.11 Å². The topological polar surface area (TPSA) is 109 Å². The molecule has 0 unspecified atom stereocenters. The minimum absolute atomic E-state index is 0.206. The van der Waals surface area contributed by atoms with Crippen molar-refractivity contribution in [3.8, 4) is 0 Å². The van der Waals surface area contributed by atoms with Gasteiger partial charge < -0.3 is 0 Å². The van der Waals surface area contributed by atoms with Crippen LogP contribution in [0.5, 0.6) is 0 Å². The van der Waals surface area contributed by atoms with Crippen LogP contribution in [0.15, 0.2) is 58.3 Å². The van der Waals surface area contributed by atoms with E-state index < -0.39 is 20.2 Å². The Morgan fingerprint density at radius 3 is 1.29 bits per heavy atom. The Balaban J connectivity index is 2.55. The first-order valence-electron chi connectivity index (χ1n) is 6.40. The van der Waals surface area contributed by atoms with Gasteiger partial charge >= 0.3 is 0 Å². The summed E-state index contributed by atoms with van der Waals surface area (Å²) in [7, 11) is -6.47. The molecule has 0 aliphatic rings. The molecule has 0 fully saturated rings. The van der Waals surface area contributed by atoms with E-state index >= 15 is 0 Å². The highest BCUT2D eigenvalue weighted by Crippen LogP contribution is 2.27. The van der Waals surface area contributed by atoms with Crippen LogP contribution in [0.4, 0.5) is 0 Å². The number of hydrogen-bond donors (Lipinski definition) is 2. The van der Waals surface area contributed by atoms with E-state index in [9.17, 15) is 25.9 Å². The van der Waals surface area contributed by atoms with Gasteiger partial charge in [-0.1, -0.05) is 44.9 Å². The molecule has 4 bridgehead atoms. The van der Waals surface area contributed by atoms with Gasteiger partial charge in [0.2, 0.25) is 0 Å². The van der Waals surface area contributed by atoms with Crippen molar-refractivity contribution in [2.45, 2.75) is 9.79 Å². The van der Waals surface area contributed by atoms with Crippen LogP contribution in [0.3, 0.4) is 0 Å². The van der Waals surface area contributed by atoms with Gasteiger partial charge in [0, 0.05) is 9.40 Å². The van der Waals surface area contributed by atoms with Gasteiger partial charge in [-0.25, -0.2) is 0 Å². The number of hydrogen-bond acceptors (Lipinski definition) is 6. The molecule has 0 saturated heterocycles. The van der Waals surface area contributed by atoms with E-state index in [-0.39, 0.29) is 20.6 Å². The summed E-state index contributed by atoms with van der Waals surface area (Å²) in [5.74, 6) is 0. The lowest BCUT2D eigenvalue weighted by Crippen LogP contribution is -1.98. The lowest BCUT2D eigenvalue weighted by atomic mass is 10.2. The first-order chi connectivity index (χ1) is 11.1. The van der Waals surface area contributed by atoms with Gasteiger partial charge in [0.15, 0.2) is 0 Å². The molecule has 10 heteroatoms. The summed E-state index contributed by atoms with van der Waals surface area (Å²) in [5, 5.41) is 0.413. The molecule has 126 valence electrons. The standard InChI is InChI=1S/C14H10O6S4/c15-23(16,17)13-7-11-5-3-9(13)1-2-10-4-6-12(22-21-11)8-14(10)24(18,19)20/h1-8H,(H,15,16,17)(H,18,19,20). The predicted octanol–water partition coefficient (Wildman–Crippen LogP) is 3.73. The highest BCUT2D eigenvalue weighted by molar-refractivity contribution is 7.86. The zero-order chi connectivity index (χ0) is 17.5. The van der Waals surface area contributed by atoms with Crippen molar-refractivity contribution in [3.63, 3.8) is 0 Å². The first-order valence-corrected chi connectivity index (χ1v) is 11.4. The molecule has 0 amide bonds. The lowest BCUT2D eigenvalue weighted by molar-refractivity contribution is 0.482. The van der Waals surface area contributed by atoms with Gasteiger partial charge in [0.05, 0.1) is 0 Å². The molecular formula is C14H10O6S4. The Kier molecular flexibility index (Phi) is 4.36. The maximum atomic E-state index is 11.6. The average molecular weight is 402 g/mol. The van der Waals surface area contributed by atoms with Crippen LogP contribution in [0, 0.1) is 0 Å². The molecule has 6 aromatic rings. The van der Waals surface area contributed by atoms with Crippen LogP contribution >= 0.6 is 20.7 Å². The maximum Gasteiger partial charge on any atom is 0.295 e. The van der Waals surface area contributed by atoms with Crippen molar-refractivity contribution >= 4 is 61.1 Å². The van der Waals surface area contributed by atoms with E-state index in [2.05, 4.69) is 0 Å². The van der Waals surface area contributed by atoms with Crippen LogP contribution in [0.1, 0.15) is 0 Å². The molecule has 0 radical (unpaired) electrons. The molecular weight excluding hydrogens is 392 g/mol. The van der Waals surface area contributed by atoms with Crippen LogP contribution in [0.2, 0.25) is 0 Å². The fraction of sp³-hybridized carbons (Fsp3) is 0. The second-order valence-corrected chi connectivity index (χ2v) is 9.91. The summed E-state index contributed by atoms with van der Waals surface area (Å²) in [6, 6.07) is 11.9. The predicted molar refractivity (Wildman–Crippen MR) is 94.5 cm³/mol. The summed E-state index contributed by atoms with van der Waals surface area (Å²) in [6.45, 7) is 0. The van der Waals surface area contributed by atoms with Gasteiger partial charge in [-0.2, -0.15) is 16.8 Å². The summed E-state index contributed by atoms with van der Waals surface area (Å²) in [4.78, 5) is -0.541. The molecule has 0 atom stereocenters. The van der Waals surface area contributed by atoms with Crippen LogP contribution in [-0.2, 0) is 20.2 Å². The molecule has 6 rings (SSSR count). The highest BCUT2D eigenvalue weighted by Gasteiger charge is 2.14. The van der Waals surface area contributed by atoms with Gasteiger partial charge in [-0.15, -0.1) is 0 Å². The third-order valence-corrected chi connectivity index (χ3v) is 7.40. The summed E-state index contributed by atoms with van der Waals surface area (Å²) < 4.78 is 66.2. The molecule has 0 aliphatic heterocycles. The Bertz CT molecular complexity index is 1100.